The van der Waals surface area contributed by atoms with Crippen LogP contribution in [0.5, 0.6) is 5.75 Å². The van der Waals surface area contributed by atoms with Gasteiger partial charge < -0.3 is 9.84 Å². The number of pyridine rings is 1. The van der Waals surface area contributed by atoms with Crippen LogP contribution in [0.4, 0.5) is 0 Å². The SMILES string of the molecule is C=CCOc1c(C)c(C)nc(CC)c1C(=O)O. The summed E-state index contributed by atoms with van der Waals surface area (Å²) in [6.07, 6.45) is 2.15. The molecule has 4 heteroatoms. The van der Waals surface area contributed by atoms with Crippen LogP contribution in [0.2, 0.25) is 0 Å². The van der Waals surface area contributed by atoms with Crippen molar-refractivity contribution in [3.63, 3.8) is 0 Å². The van der Waals surface area contributed by atoms with E-state index < -0.39 is 5.97 Å². The molecule has 0 saturated heterocycles. The van der Waals surface area contributed by atoms with E-state index in [-0.39, 0.29) is 12.2 Å². The summed E-state index contributed by atoms with van der Waals surface area (Å²) in [6, 6.07) is 0. The second kappa shape index (κ2) is 5.48. The second-order valence-corrected chi connectivity index (χ2v) is 3.73. The number of ether oxygens (including phenoxy) is 1. The van der Waals surface area contributed by atoms with Crippen molar-refractivity contribution in [1.29, 1.82) is 0 Å². The molecule has 1 heterocycles. The number of hydrogen-bond acceptors (Lipinski definition) is 3. The number of carbonyl (C=O) groups is 1. The summed E-state index contributed by atoms with van der Waals surface area (Å²) < 4.78 is 5.46. The van der Waals surface area contributed by atoms with Gasteiger partial charge >= 0.3 is 5.97 Å². The number of carboxylic acid groups (broad SMARTS) is 1. The summed E-state index contributed by atoms with van der Waals surface area (Å²) in [4.78, 5) is 15.6. The first kappa shape index (κ1) is 13.2. The van der Waals surface area contributed by atoms with Crippen LogP contribution in [0, 0.1) is 13.8 Å². The third kappa shape index (κ3) is 2.64. The van der Waals surface area contributed by atoms with E-state index in [4.69, 9.17) is 4.74 Å². The van der Waals surface area contributed by atoms with E-state index >= 15 is 0 Å². The van der Waals surface area contributed by atoms with Crippen LogP contribution in [0.15, 0.2) is 12.7 Å². The van der Waals surface area contributed by atoms with E-state index in [1.165, 1.54) is 0 Å². The first-order valence-electron chi connectivity index (χ1n) is 5.49. The van der Waals surface area contributed by atoms with Crippen molar-refractivity contribution in [2.24, 2.45) is 0 Å². The minimum Gasteiger partial charge on any atom is -0.488 e. The molecular weight excluding hydrogens is 218 g/mol. The molecule has 0 spiro atoms. The monoisotopic (exact) mass is 235 g/mol. The zero-order chi connectivity index (χ0) is 13.0. The average Bonchev–Trinajstić information content (AvgIpc) is 2.29. The van der Waals surface area contributed by atoms with Gasteiger partial charge in [-0.1, -0.05) is 19.6 Å². The largest absolute Gasteiger partial charge is 0.488 e. The van der Waals surface area contributed by atoms with E-state index in [0.717, 1.165) is 11.3 Å². The Labute approximate surface area is 101 Å². The maximum Gasteiger partial charge on any atom is 0.341 e. The maximum atomic E-state index is 11.3. The lowest BCUT2D eigenvalue weighted by atomic mass is 10.1. The Morgan fingerprint density at radius 2 is 2.18 bits per heavy atom. The predicted octanol–water partition coefficient (Wildman–Crippen LogP) is 2.52. The van der Waals surface area contributed by atoms with Crippen molar-refractivity contribution in [1.82, 2.24) is 4.98 Å². The molecule has 1 aromatic heterocycles. The molecule has 17 heavy (non-hydrogen) atoms. The van der Waals surface area contributed by atoms with Crippen molar-refractivity contribution in [2.75, 3.05) is 6.61 Å². The third-order valence-corrected chi connectivity index (χ3v) is 2.60. The number of aromatic carboxylic acids is 1. The lowest BCUT2D eigenvalue weighted by molar-refractivity contribution is 0.0690. The van der Waals surface area contributed by atoms with Crippen molar-refractivity contribution in [3.05, 3.63) is 35.2 Å². The molecule has 0 bridgehead atoms. The van der Waals surface area contributed by atoms with Crippen LogP contribution in [0.3, 0.4) is 0 Å². The zero-order valence-electron chi connectivity index (χ0n) is 10.4. The van der Waals surface area contributed by atoms with Crippen molar-refractivity contribution in [2.45, 2.75) is 27.2 Å². The summed E-state index contributed by atoms with van der Waals surface area (Å²) in [5, 5.41) is 9.25. The topological polar surface area (TPSA) is 59.4 Å². The number of carboxylic acids is 1. The van der Waals surface area contributed by atoms with E-state index in [1.54, 1.807) is 6.08 Å². The lowest BCUT2D eigenvalue weighted by Crippen LogP contribution is -2.12. The van der Waals surface area contributed by atoms with Gasteiger partial charge in [-0.05, 0) is 20.3 Å². The highest BCUT2D eigenvalue weighted by Gasteiger charge is 2.21. The van der Waals surface area contributed by atoms with Gasteiger partial charge in [0.15, 0.2) is 0 Å². The van der Waals surface area contributed by atoms with Crippen LogP contribution in [0.1, 0.15) is 34.2 Å². The Morgan fingerprint density at radius 1 is 1.53 bits per heavy atom. The molecule has 0 amide bonds. The van der Waals surface area contributed by atoms with Gasteiger partial charge in [0.25, 0.3) is 0 Å². The molecule has 0 saturated carbocycles. The predicted molar refractivity (Wildman–Crippen MR) is 65.7 cm³/mol. The lowest BCUT2D eigenvalue weighted by Gasteiger charge is -2.15. The molecular formula is C13H17NO3. The highest BCUT2D eigenvalue weighted by Crippen LogP contribution is 2.28. The van der Waals surface area contributed by atoms with Crippen molar-refractivity contribution >= 4 is 5.97 Å². The summed E-state index contributed by atoms with van der Waals surface area (Å²) in [7, 11) is 0. The second-order valence-electron chi connectivity index (χ2n) is 3.73. The Bertz CT molecular complexity index is 452. The first-order valence-corrected chi connectivity index (χ1v) is 5.49. The fraction of sp³-hybridized carbons (Fsp3) is 0.385. The Hall–Kier alpha value is -1.84. The quantitative estimate of drug-likeness (QED) is 0.797. The number of aromatic nitrogens is 1. The first-order chi connectivity index (χ1) is 8.02. The molecule has 0 fully saturated rings. The van der Waals surface area contributed by atoms with E-state index in [9.17, 15) is 9.90 Å². The minimum absolute atomic E-state index is 0.164. The van der Waals surface area contributed by atoms with E-state index in [0.29, 0.717) is 17.9 Å². The van der Waals surface area contributed by atoms with Crippen molar-refractivity contribution < 1.29 is 14.6 Å². The molecule has 0 aliphatic carbocycles. The van der Waals surface area contributed by atoms with Crippen LogP contribution >= 0.6 is 0 Å². The number of rotatable bonds is 5. The fourth-order valence-electron chi connectivity index (χ4n) is 1.62. The standard InChI is InChI=1S/C13H17NO3/c1-5-7-17-12-8(3)9(4)14-10(6-2)11(12)13(15)16/h5H,1,6-7H2,2-4H3,(H,15,16). The summed E-state index contributed by atoms with van der Waals surface area (Å²) in [5.74, 6) is -0.599. The number of hydrogen-bond donors (Lipinski definition) is 1. The smallest absolute Gasteiger partial charge is 0.341 e. The molecule has 0 aliphatic rings. The van der Waals surface area contributed by atoms with E-state index in [2.05, 4.69) is 11.6 Å². The molecule has 92 valence electrons. The van der Waals surface area contributed by atoms with Crippen LogP contribution in [-0.4, -0.2) is 22.7 Å². The maximum absolute atomic E-state index is 11.3. The molecule has 1 aromatic rings. The molecule has 0 atom stereocenters. The average molecular weight is 235 g/mol. The van der Waals surface area contributed by atoms with Gasteiger partial charge in [-0.2, -0.15) is 0 Å². The number of nitrogens with zero attached hydrogens (tertiary/aromatic N) is 1. The normalized spacial score (nSPS) is 10.1. The molecule has 1 rings (SSSR count). The highest BCUT2D eigenvalue weighted by molar-refractivity contribution is 5.92. The molecule has 1 N–H and O–H groups in total. The summed E-state index contributed by atoms with van der Waals surface area (Å²) in [6.45, 7) is 9.38. The van der Waals surface area contributed by atoms with Gasteiger partial charge in [0, 0.05) is 11.3 Å². The van der Waals surface area contributed by atoms with Crippen LogP contribution in [0.25, 0.3) is 0 Å². The molecule has 0 unspecified atom stereocenters. The third-order valence-electron chi connectivity index (χ3n) is 2.60. The van der Waals surface area contributed by atoms with Crippen LogP contribution in [-0.2, 0) is 6.42 Å². The summed E-state index contributed by atoms with van der Waals surface area (Å²) in [5.41, 5.74) is 2.28. The van der Waals surface area contributed by atoms with Gasteiger partial charge in [-0.25, -0.2) is 4.79 Å². The van der Waals surface area contributed by atoms with Gasteiger partial charge in [0.1, 0.15) is 17.9 Å². The minimum atomic E-state index is -1.00. The van der Waals surface area contributed by atoms with Gasteiger partial charge in [-0.3, -0.25) is 4.98 Å². The summed E-state index contributed by atoms with van der Waals surface area (Å²) >= 11 is 0. The van der Waals surface area contributed by atoms with Gasteiger partial charge in [0.2, 0.25) is 0 Å². The Balaban J connectivity index is 3.43. The van der Waals surface area contributed by atoms with Gasteiger partial charge in [0.05, 0.1) is 5.69 Å². The molecule has 0 aromatic carbocycles. The van der Waals surface area contributed by atoms with Crippen molar-refractivity contribution in [3.8, 4) is 5.75 Å². The fourth-order valence-corrected chi connectivity index (χ4v) is 1.62. The number of aryl methyl sites for hydroxylation is 2. The Kier molecular flexibility index (Phi) is 4.26. The van der Waals surface area contributed by atoms with E-state index in [1.807, 2.05) is 20.8 Å². The Morgan fingerprint density at radius 3 is 2.65 bits per heavy atom. The molecule has 4 nitrogen and oxygen atoms in total. The van der Waals surface area contributed by atoms with Crippen LogP contribution < -0.4 is 4.74 Å². The molecule has 0 radical (unpaired) electrons. The highest BCUT2D eigenvalue weighted by atomic mass is 16.5. The van der Waals surface area contributed by atoms with Gasteiger partial charge in [-0.15, -0.1) is 0 Å². The molecule has 0 aliphatic heterocycles. The zero-order valence-corrected chi connectivity index (χ0v) is 10.4.